The first-order valence-corrected chi connectivity index (χ1v) is 8.48. The van der Waals surface area contributed by atoms with Gasteiger partial charge in [0.05, 0.1) is 28.8 Å². The van der Waals surface area contributed by atoms with Crippen LogP contribution in [-0.2, 0) is 6.42 Å². The number of methoxy groups -OCH3 is 1. The quantitative estimate of drug-likeness (QED) is 0.538. The van der Waals surface area contributed by atoms with Crippen LogP contribution < -0.4 is 10.1 Å². The molecule has 7 heteroatoms. The molecule has 7 nitrogen and oxygen atoms in total. The van der Waals surface area contributed by atoms with Crippen LogP contribution in [0.1, 0.15) is 28.5 Å². The van der Waals surface area contributed by atoms with Crippen LogP contribution in [0.5, 0.6) is 5.75 Å². The Morgan fingerprint density at radius 3 is 2.67 bits per heavy atom. The number of non-ortho nitro benzene ring substituents is 1. The minimum atomic E-state index is -0.516. The van der Waals surface area contributed by atoms with Gasteiger partial charge in [0.2, 0.25) is 0 Å². The van der Waals surface area contributed by atoms with E-state index in [2.05, 4.69) is 10.3 Å². The van der Waals surface area contributed by atoms with Gasteiger partial charge in [0.25, 0.3) is 11.6 Å². The molecule has 27 heavy (non-hydrogen) atoms. The maximum absolute atomic E-state index is 13.1. The Morgan fingerprint density at radius 1 is 1.26 bits per heavy atom. The number of nitrogens with zero attached hydrogens (tertiary/aromatic N) is 2. The maximum atomic E-state index is 13.1. The third-order valence-electron chi connectivity index (χ3n) is 4.44. The summed E-state index contributed by atoms with van der Waals surface area (Å²) in [6, 6.07) is 11.5. The van der Waals surface area contributed by atoms with E-state index in [-0.39, 0.29) is 17.3 Å². The molecule has 0 atom stereocenters. The van der Waals surface area contributed by atoms with Gasteiger partial charge in [-0.1, -0.05) is 25.1 Å². The highest BCUT2D eigenvalue weighted by Gasteiger charge is 2.20. The Kier molecular flexibility index (Phi) is 5.03. The predicted molar refractivity (Wildman–Crippen MR) is 103 cm³/mol. The maximum Gasteiger partial charge on any atom is 0.271 e. The molecular weight excluding hydrogens is 346 g/mol. The molecule has 1 heterocycles. The molecule has 0 fully saturated rings. The number of anilines is 1. The normalized spacial score (nSPS) is 10.6. The number of aryl methyl sites for hydroxylation is 1. The van der Waals surface area contributed by atoms with Crippen LogP contribution in [-0.4, -0.2) is 22.9 Å². The van der Waals surface area contributed by atoms with Gasteiger partial charge in [-0.25, -0.2) is 0 Å². The number of fused-ring (bicyclic) bond motifs is 1. The van der Waals surface area contributed by atoms with Crippen LogP contribution in [0.3, 0.4) is 0 Å². The highest BCUT2D eigenvalue weighted by molar-refractivity contribution is 6.14. The number of nitrogens with one attached hydrogen (secondary N) is 1. The highest BCUT2D eigenvalue weighted by atomic mass is 16.6. The number of ether oxygens (including phenoxy) is 1. The molecule has 2 aromatic carbocycles. The molecule has 1 N–H and O–H groups in total. The van der Waals surface area contributed by atoms with Crippen LogP contribution >= 0.6 is 0 Å². The van der Waals surface area contributed by atoms with Crippen molar-refractivity contribution in [1.29, 1.82) is 0 Å². The van der Waals surface area contributed by atoms with Crippen LogP contribution in [0.4, 0.5) is 11.4 Å². The Hall–Kier alpha value is -3.48. The van der Waals surface area contributed by atoms with Crippen molar-refractivity contribution in [1.82, 2.24) is 4.98 Å². The Morgan fingerprint density at radius 2 is 2.00 bits per heavy atom. The molecule has 1 amide bonds. The van der Waals surface area contributed by atoms with Gasteiger partial charge in [-0.15, -0.1) is 0 Å². The number of para-hydroxylation sites is 1. The molecule has 0 aliphatic carbocycles. The molecule has 1 aromatic heterocycles. The Labute approximate surface area is 156 Å². The molecule has 138 valence electrons. The average Bonchev–Trinajstić information content (AvgIpc) is 2.67. The van der Waals surface area contributed by atoms with Crippen molar-refractivity contribution in [3.63, 3.8) is 0 Å². The zero-order valence-electron chi connectivity index (χ0n) is 15.3. The van der Waals surface area contributed by atoms with Gasteiger partial charge in [0.15, 0.2) is 0 Å². The second-order valence-electron chi connectivity index (χ2n) is 6.03. The number of carbonyl (C=O) groups excluding carboxylic acids is 1. The third kappa shape index (κ3) is 3.44. The number of benzene rings is 2. The third-order valence-corrected chi connectivity index (χ3v) is 4.44. The fourth-order valence-corrected chi connectivity index (χ4v) is 3.09. The van der Waals surface area contributed by atoms with Gasteiger partial charge in [-0.3, -0.25) is 19.9 Å². The van der Waals surface area contributed by atoms with Gasteiger partial charge in [-0.2, -0.15) is 0 Å². The zero-order chi connectivity index (χ0) is 19.6. The number of pyridine rings is 1. The summed E-state index contributed by atoms with van der Waals surface area (Å²) >= 11 is 0. The van der Waals surface area contributed by atoms with Gasteiger partial charge < -0.3 is 10.1 Å². The summed E-state index contributed by atoms with van der Waals surface area (Å²) in [6.07, 6.45) is 0.692. The van der Waals surface area contributed by atoms with E-state index < -0.39 is 4.92 Å². The number of amides is 1. The molecule has 0 spiro atoms. The second-order valence-corrected chi connectivity index (χ2v) is 6.03. The van der Waals surface area contributed by atoms with Gasteiger partial charge in [-0.05, 0) is 31.0 Å². The first-order valence-electron chi connectivity index (χ1n) is 8.48. The SMILES string of the molecule is CCc1nc2ccccc2c(C(=O)Nc2cc([N+](=O)[O-])ccc2OC)c1C. The second kappa shape index (κ2) is 7.41. The molecule has 0 aliphatic rings. The lowest BCUT2D eigenvalue weighted by Gasteiger charge is -2.15. The van der Waals surface area contributed by atoms with E-state index in [9.17, 15) is 14.9 Å². The minimum absolute atomic E-state index is 0.128. The monoisotopic (exact) mass is 365 g/mol. The summed E-state index contributed by atoms with van der Waals surface area (Å²) in [5, 5.41) is 14.6. The minimum Gasteiger partial charge on any atom is -0.495 e. The number of hydrogen-bond donors (Lipinski definition) is 1. The molecule has 3 aromatic rings. The van der Waals surface area contributed by atoms with Crippen LogP contribution in [0.25, 0.3) is 10.9 Å². The predicted octanol–water partition coefficient (Wildman–Crippen LogP) is 4.27. The summed E-state index contributed by atoms with van der Waals surface area (Å²) in [4.78, 5) is 28.3. The standard InChI is InChI=1S/C20H19N3O4/c1-4-15-12(2)19(14-7-5-6-8-16(14)21-15)20(24)22-17-11-13(23(25)26)9-10-18(17)27-3/h5-11H,4H2,1-3H3,(H,22,24). The summed E-state index contributed by atoms with van der Waals surface area (Å²) in [5.41, 5.74) is 2.98. The lowest BCUT2D eigenvalue weighted by atomic mass is 9.99. The fourth-order valence-electron chi connectivity index (χ4n) is 3.09. The lowest BCUT2D eigenvalue weighted by Crippen LogP contribution is -2.16. The molecule has 0 saturated heterocycles. The van der Waals surface area contributed by atoms with Crippen LogP contribution in [0.15, 0.2) is 42.5 Å². The van der Waals surface area contributed by atoms with Gasteiger partial charge >= 0.3 is 0 Å². The van der Waals surface area contributed by atoms with Gasteiger partial charge in [0.1, 0.15) is 5.75 Å². The van der Waals surface area contributed by atoms with E-state index in [0.29, 0.717) is 17.7 Å². The molecule has 0 radical (unpaired) electrons. The van der Waals surface area contributed by atoms with E-state index in [1.807, 2.05) is 38.1 Å². The molecule has 0 unspecified atom stereocenters. The van der Waals surface area contributed by atoms with Crippen molar-refractivity contribution in [2.75, 3.05) is 12.4 Å². The fraction of sp³-hybridized carbons (Fsp3) is 0.200. The summed E-state index contributed by atoms with van der Waals surface area (Å²) < 4.78 is 5.23. The number of rotatable bonds is 5. The molecular formula is C20H19N3O4. The van der Waals surface area contributed by atoms with E-state index >= 15 is 0 Å². The van der Waals surface area contributed by atoms with Crippen LogP contribution in [0.2, 0.25) is 0 Å². The molecule has 0 bridgehead atoms. The van der Waals surface area contributed by atoms with Crippen molar-refractivity contribution in [3.05, 3.63) is 69.4 Å². The smallest absolute Gasteiger partial charge is 0.271 e. The van der Waals surface area contributed by atoms with Crippen molar-refractivity contribution in [2.24, 2.45) is 0 Å². The average molecular weight is 365 g/mol. The number of nitro groups is 1. The number of hydrogen-bond acceptors (Lipinski definition) is 5. The van der Waals surface area contributed by atoms with E-state index in [4.69, 9.17) is 4.74 Å². The van der Waals surface area contributed by atoms with E-state index in [1.165, 1.54) is 25.3 Å². The first-order chi connectivity index (χ1) is 13.0. The molecule has 0 saturated carbocycles. The summed E-state index contributed by atoms with van der Waals surface area (Å²) in [7, 11) is 1.44. The number of aromatic nitrogens is 1. The van der Waals surface area contributed by atoms with Crippen LogP contribution in [0, 0.1) is 17.0 Å². The largest absolute Gasteiger partial charge is 0.495 e. The molecule has 3 rings (SSSR count). The van der Waals surface area contributed by atoms with Crippen molar-refractivity contribution >= 4 is 28.2 Å². The van der Waals surface area contributed by atoms with E-state index in [1.54, 1.807) is 0 Å². The van der Waals surface area contributed by atoms with E-state index in [0.717, 1.165) is 22.2 Å². The van der Waals surface area contributed by atoms with Crippen molar-refractivity contribution in [3.8, 4) is 5.75 Å². The Bertz CT molecular complexity index is 1050. The van der Waals surface area contributed by atoms with Crippen molar-refractivity contribution < 1.29 is 14.5 Å². The summed E-state index contributed by atoms with van der Waals surface area (Å²) in [6.45, 7) is 3.84. The number of carbonyl (C=O) groups is 1. The first kappa shape index (κ1) is 18.3. The van der Waals surface area contributed by atoms with Gasteiger partial charge in [0, 0.05) is 23.2 Å². The zero-order valence-corrected chi connectivity index (χ0v) is 15.3. The topological polar surface area (TPSA) is 94.4 Å². The molecule has 0 aliphatic heterocycles. The lowest BCUT2D eigenvalue weighted by molar-refractivity contribution is -0.384. The summed E-state index contributed by atoms with van der Waals surface area (Å²) in [5.74, 6) is -0.0136. The number of nitro benzene ring substituents is 1. The Balaban J connectivity index is 2.11. The highest BCUT2D eigenvalue weighted by Crippen LogP contribution is 2.31. The van der Waals surface area contributed by atoms with Crippen molar-refractivity contribution in [2.45, 2.75) is 20.3 Å².